The zero-order chi connectivity index (χ0) is 18.7. The van der Waals surface area contributed by atoms with Crippen LogP contribution in [0.2, 0.25) is 0 Å². The Hall–Kier alpha value is -1.66. The molecule has 0 aliphatic carbocycles. The number of aromatic nitrogens is 1. The molecular formula is C19H30N2O4. The molecule has 2 rings (SSSR count). The first-order chi connectivity index (χ1) is 11.6. The minimum absolute atomic E-state index is 0.0530. The van der Waals surface area contributed by atoms with Crippen molar-refractivity contribution in [1.82, 2.24) is 9.88 Å². The van der Waals surface area contributed by atoms with Crippen LogP contribution in [0.1, 0.15) is 59.1 Å². The lowest BCUT2D eigenvalue weighted by atomic mass is 10.1. The summed E-state index contributed by atoms with van der Waals surface area (Å²) in [5, 5.41) is 0. The van der Waals surface area contributed by atoms with Gasteiger partial charge < -0.3 is 14.2 Å². The fraction of sp³-hybridized carbons (Fsp3) is 0.684. The monoisotopic (exact) mass is 350 g/mol. The molecule has 25 heavy (non-hydrogen) atoms. The van der Waals surface area contributed by atoms with Crippen LogP contribution in [0.4, 0.5) is 4.79 Å². The molecule has 1 aliphatic rings. The first-order valence-electron chi connectivity index (χ1n) is 8.73. The van der Waals surface area contributed by atoms with Gasteiger partial charge in [0.05, 0.1) is 18.7 Å². The van der Waals surface area contributed by atoms with Crippen molar-refractivity contribution in [3.05, 3.63) is 30.1 Å². The molecule has 0 radical (unpaired) electrons. The highest BCUT2D eigenvalue weighted by molar-refractivity contribution is 5.69. The topological polar surface area (TPSA) is 60.9 Å². The zero-order valence-electron chi connectivity index (χ0n) is 16.1. The molecule has 140 valence electrons. The third-order valence-corrected chi connectivity index (χ3v) is 4.29. The Morgan fingerprint density at radius 2 is 2.00 bits per heavy atom. The number of carbonyl (C=O) groups is 1. The standard InChI is InChI=1S/C19H30N2O4/c1-18(2,3)25-17(22)21-15(13-24-19(4,5)23-6)9-10-16(21)14-8-7-11-20-12-14/h7-8,11-12,15-16H,9-10,13H2,1-6H3/t15-,16+/m0/s1. The van der Waals surface area contributed by atoms with Crippen molar-refractivity contribution >= 4 is 6.09 Å². The van der Waals surface area contributed by atoms with Gasteiger partial charge in [0.2, 0.25) is 0 Å². The molecule has 0 spiro atoms. The van der Waals surface area contributed by atoms with Crippen molar-refractivity contribution in [1.29, 1.82) is 0 Å². The number of likely N-dealkylation sites (tertiary alicyclic amines) is 1. The summed E-state index contributed by atoms with van der Waals surface area (Å²) in [7, 11) is 1.61. The number of nitrogens with zero attached hydrogens (tertiary/aromatic N) is 2. The van der Waals surface area contributed by atoms with E-state index in [4.69, 9.17) is 14.2 Å². The Balaban J connectivity index is 2.19. The molecule has 1 aromatic rings. The van der Waals surface area contributed by atoms with Gasteiger partial charge in [0.1, 0.15) is 5.60 Å². The smallest absolute Gasteiger partial charge is 0.411 e. The van der Waals surface area contributed by atoms with Gasteiger partial charge >= 0.3 is 6.09 Å². The van der Waals surface area contributed by atoms with Gasteiger partial charge in [0.25, 0.3) is 0 Å². The summed E-state index contributed by atoms with van der Waals surface area (Å²) in [4.78, 5) is 18.8. The molecule has 2 atom stereocenters. The Bertz CT molecular complexity index is 569. The number of methoxy groups -OCH3 is 1. The van der Waals surface area contributed by atoms with Crippen LogP contribution in [0.3, 0.4) is 0 Å². The highest BCUT2D eigenvalue weighted by Crippen LogP contribution is 2.37. The Kier molecular flexibility index (Phi) is 6.06. The summed E-state index contributed by atoms with van der Waals surface area (Å²) in [6.07, 6.45) is 4.93. The van der Waals surface area contributed by atoms with Gasteiger partial charge in [-0.3, -0.25) is 9.88 Å². The van der Waals surface area contributed by atoms with E-state index < -0.39 is 11.4 Å². The average Bonchev–Trinajstić information content (AvgIpc) is 2.96. The summed E-state index contributed by atoms with van der Waals surface area (Å²) in [5.74, 6) is -0.689. The predicted octanol–water partition coefficient (Wildman–Crippen LogP) is 3.92. The predicted molar refractivity (Wildman–Crippen MR) is 95.1 cm³/mol. The molecule has 0 N–H and O–H groups in total. The summed E-state index contributed by atoms with van der Waals surface area (Å²) >= 11 is 0. The number of ether oxygens (including phenoxy) is 3. The third kappa shape index (κ3) is 5.41. The van der Waals surface area contributed by atoms with Gasteiger partial charge in [-0.05, 0) is 59.1 Å². The average molecular weight is 350 g/mol. The summed E-state index contributed by atoms with van der Waals surface area (Å²) < 4.78 is 16.8. The molecule has 1 saturated heterocycles. The van der Waals surface area contributed by atoms with Crippen molar-refractivity contribution < 1.29 is 19.0 Å². The Morgan fingerprint density at radius 1 is 1.28 bits per heavy atom. The van der Waals surface area contributed by atoms with E-state index in [9.17, 15) is 4.79 Å². The number of hydrogen-bond acceptors (Lipinski definition) is 5. The summed E-state index contributed by atoms with van der Waals surface area (Å²) in [6, 6.07) is 3.77. The van der Waals surface area contributed by atoms with E-state index in [1.54, 1.807) is 18.2 Å². The van der Waals surface area contributed by atoms with Crippen LogP contribution in [-0.2, 0) is 14.2 Å². The Labute approximate surface area is 150 Å². The molecule has 1 amide bonds. The van der Waals surface area contributed by atoms with Crippen LogP contribution in [0.15, 0.2) is 24.5 Å². The van der Waals surface area contributed by atoms with Gasteiger partial charge in [-0.1, -0.05) is 6.07 Å². The molecule has 0 aromatic carbocycles. The molecule has 0 bridgehead atoms. The normalized spacial score (nSPS) is 21.4. The van der Waals surface area contributed by atoms with Crippen LogP contribution in [0.5, 0.6) is 0 Å². The van der Waals surface area contributed by atoms with Crippen molar-refractivity contribution in [3.8, 4) is 0 Å². The second-order valence-corrected chi connectivity index (χ2v) is 7.84. The van der Waals surface area contributed by atoms with Crippen molar-refractivity contribution in [2.75, 3.05) is 13.7 Å². The van der Waals surface area contributed by atoms with E-state index in [1.165, 1.54) is 0 Å². The molecule has 6 nitrogen and oxygen atoms in total. The van der Waals surface area contributed by atoms with Crippen molar-refractivity contribution in [3.63, 3.8) is 0 Å². The fourth-order valence-corrected chi connectivity index (χ4v) is 2.89. The maximum atomic E-state index is 12.8. The van der Waals surface area contributed by atoms with Gasteiger partial charge in [-0.2, -0.15) is 0 Å². The lowest BCUT2D eigenvalue weighted by Crippen LogP contribution is -2.44. The molecule has 2 heterocycles. The van der Waals surface area contributed by atoms with E-state index in [-0.39, 0.29) is 18.2 Å². The molecular weight excluding hydrogens is 320 g/mol. The molecule has 6 heteroatoms. The number of amides is 1. The van der Waals surface area contributed by atoms with Crippen LogP contribution < -0.4 is 0 Å². The number of carbonyl (C=O) groups excluding carboxylic acids is 1. The van der Waals surface area contributed by atoms with Crippen LogP contribution in [0.25, 0.3) is 0 Å². The molecule has 0 unspecified atom stereocenters. The third-order valence-electron chi connectivity index (χ3n) is 4.29. The molecule has 1 fully saturated rings. The minimum Gasteiger partial charge on any atom is -0.444 e. The number of hydrogen-bond donors (Lipinski definition) is 0. The molecule has 1 aromatic heterocycles. The lowest BCUT2D eigenvalue weighted by Gasteiger charge is -2.34. The lowest BCUT2D eigenvalue weighted by molar-refractivity contribution is -0.203. The van der Waals surface area contributed by atoms with E-state index >= 15 is 0 Å². The maximum absolute atomic E-state index is 12.8. The van der Waals surface area contributed by atoms with Crippen LogP contribution >= 0.6 is 0 Å². The molecule has 0 saturated carbocycles. The largest absolute Gasteiger partial charge is 0.444 e. The highest BCUT2D eigenvalue weighted by Gasteiger charge is 2.41. The van der Waals surface area contributed by atoms with E-state index in [1.807, 2.05) is 52.9 Å². The van der Waals surface area contributed by atoms with E-state index in [2.05, 4.69) is 4.98 Å². The number of pyridine rings is 1. The summed E-state index contributed by atoms with van der Waals surface area (Å²) in [6.45, 7) is 9.74. The summed E-state index contributed by atoms with van der Waals surface area (Å²) in [5.41, 5.74) is 0.470. The van der Waals surface area contributed by atoms with Crippen LogP contribution in [0, 0.1) is 0 Å². The molecule has 1 aliphatic heterocycles. The SMILES string of the molecule is COC(C)(C)OC[C@@H]1CC[C@H](c2cccnc2)N1C(=O)OC(C)(C)C. The second-order valence-electron chi connectivity index (χ2n) is 7.84. The van der Waals surface area contributed by atoms with E-state index in [0.717, 1.165) is 18.4 Å². The minimum atomic E-state index is -0.689. The quantitative estimate of drug-likeness (QED) is 0.753. The van der Waals surface area contributed by atoms with E-state index in [0.29, 0.717) is 6.61 Å². The van der Waals surface area contributed by atoms with Crippen molar-refractivity contribution in [2.24, 2.45) is 0 Å². The first-order valence-corrected chi connectivity index (χ1v) is 8.73. The van der Waals surface area contributed by atoms with Gasteiger partial charge in [-0.25, -0.2) is 4.79 Å². The maximum Gasteiger partial charge on any atom is 0.411 e. The Morgan fingerprint density at radius 3 is 2.56 bits per heavy atom. The second kappa shape index (κ2) is 7.70. The number of rotatable bonds is 5. The zero-order valence-corrected chi connectivity index (χ0v) is 16.1. The fourth-order valence-electron chi connectivity index (χ4n) is 2.89. The first kappa shape index (κ1) is 19.7. The van der Waals surface area contributed by atoms with Crippen molar-refractivity contribution in [2.45, 2.75) is 70.9 Å². The van der Waals surface area contributed by atoms with Crippen LogP contribution in [-0.4, -0.2) is 47.1 Å². The van der Waals surface area contributed by atoms with Gasteiger partial charge in [0, 0.05) is 19.5 Å². The van der Waals surface area contributed by atoms with Gasteiger partial charge in [0.15, 0.2) is 5.79 Å². The highest BCUT2D eigenvalue weighted by atomic mass is 16.7. The van der Waals surface area contributed by atoms with Gasteiger partial charge in [-0.15, -0.1) is 0 Å².